The van der Waals surface area contributed by atoms with Gasteiger partial charge in [0.25, 0.3) is 0 Å². The van der Waals surface area contributed by atoms with Gasteiger partial charge in [-0.1, -0.05) is 0 Å². The fourth-order valence-corrected chi connectivity index (χ4v) is 2.40. The Labute approximate surface area is 109 Å². The second-order valence-electron chi connectivity index (χ2n) is 5.59. The van der Waals surface area contributed by atoms with Crippen molar-refractivity contribution in [2.24, 2.45) is 0 Å². The normalized spacial score (nSPS) is 19.9. The minimum Gasteiger partial charge on any atom is -0.495 e. The summed E-state index contributed by atoms with van der Waals surface area (Å²) in [6, 6.07) is 5.87. The lowest BCUT2D eigenvalue weighted by Gasteiger charge is -2.46. The molecule has 0 spiro atoms. The maximum Gasteiger partial charge on any atom is 0.144 e. The van der Waals surface area contributed by atoms with Gasteiger partial charge in [-0.2, -0.15) is 0 Å². The molecular weight excluding hydrogens is 226 g/mol. The first-order chi connectivity index (χ1) is 8.44. The maximum atomic E-state index is 5.80. The molecular formula is C14H23N3O. The highest BCUT2D eigenvalue weighted by Crippen LogP contribution is 2.33. The Balaban J connectivity index is 2.27. The van der Waals surface area contributed by atoms with E-state index in [1.54, 1.807) is 7.11 Å². The molecule has 1 aromatic rings. The number of hydrogen-bond donors (Lipinski definition) is 1. The Hall–Kier alpha value is -1.42. The highest BCUT2D eigenvalue weighted by Gasteiger charge is 2.31. The third-order valence-corrected chi connectivity index (χ3v) is 3.86. The first kappa shape index (κ1) is 13.0. The van der Waals surface area contributed by atoms with E-state index < -0.39 is 0 Å². The number of ether oxygens (including phenoxy) is 1. The molecule has 0 radical (unpaired) electrons. The molecule has 0 aromatic heterocycles. The SMILES string of the molecule is COc1cc(N)ccc1N1CCN(C)C(C)(C)C1. The number of likely N-dealkylation sites (N-methyl/N-ethyl adjacent to an activating group) is 1. The van der Waals surface area contributed by atoms with Crippen LogP contribution in [0.5, 0.6) is 5.75 Å². The summed E-state index contributed by atoms with van der Waals surface area (Å²) in [5.41, 5.74) is 7.84. The monoisotopic (exact) mass is 249 g/mol. The Kier molecular flexibility index (Phi) is 3.39. The van der Waals surface area contributed by atoms with Crippen LogP contribution in [0.25, 0.3) is 0 Å². The summed E-state index contributed by atoms with van der Waals surface area (Å²) in [4.78, 5) is 4.77. The zero-order chi connectivity index (χ0) is 13.3. The quantitative estimate of drug-likeness (QED) is 0.812. The van der Waals surface area contributed by atoms with Crippen LogP contribution in [0.4, 0.5) is 11.4 Å². The number of benzene rings is 1. The van der Waals surface area contributed by atoms with Gasteiger partial charge in [-0.05, 0) is 33.0 Å². The van der Waals surface area contributed by atoms with Crippen molar-refractivity contribution in [2.45, 2.75) is 19.4 Å². The average Bonchev–Trinajstić information content (AvgIpc) is 2.32. The molecule has 1 aliphatic rings. The van der Waals surface area contributed by atoms with E-state index in [9.17, 15) is 0 Å². The van der Waals surface area contributed by atoms with Crippen LogP contribution in [0.3, 0.4) is 0 Å². The lowest BCUT2D eigenvalue weighted by molar-refractivity contribution is 0.138. The zero-order valence-electron chi connectivity index (χ0n) is 11.7. The molecule has 2 rings (SSSR count). The van der Waals surface area contributed by atoms with Gasteiger partial charge in [0.15, 0.2) is 0 Å². The number of methoxy groups -OCH3 is 1. The van der Waals surface area contributed by atoms with Crippen molar-refractivity contribution < 1.29 is 4.74 Å². The molecule has 1 heterocycles. The molecule has 2 N–H and O–H groups in total. The summed E-state index contributed by atoms with van der Waals surface area (Å²) < 4.78 is 5.44. The Morgan fingerprint density at radius 2 is 2.00 bits per heavy atom. The summed E-state index contributed by atoms with van der Waals surface area (Å²) >= 11 is 0. The van der Waals surface area contributed by atoms with Crippen molar-refractivity contribution in [3.05, 3.63) is 18.2 Å². The van der Waals surface area contributed by atoms with Crippen LogP contribution in [0.15, 0.2) is 18.2 Å². The molecule has 4 heteroatoms. The van der Waals surface area contributed by atoms with Crippen LogP contribution >= 0.6 is 0 Å². The second kappa shape index (κ2) is 4.69. The lowest BCUT2D eigenvalue weighted by Crippen LogP contribution is -2.57. The molecule has 0 atom stereocenters. The molecule has 18 heavy (non-hydrogen) atoms. The van der Waals surface area contributed by atoms with Crippen LogP contribution in [0.2, 0.25) is 0 Å². The van der Waals surface area contributed by atoms with E-state index in [4.69, 9.17) is 10.5 Å². The number of nitrogens with zero attached hydrogens (tertiary/aromatic N) is 2. The number of rotatable bonds is 2. The molecule has 0 saturated carbocycles. The topological polar surface area (TPSA) is 41.7 Å². The fourth-order valence-electron chi connectivity index (χ4n) is 2.40. The van der Waals surface area contributed by atoms with Crippen molar-refractivity contribution in [2.75, 3.05) is 44.4 Å². The van der Waals surface area contributed by atoms with Crippen LogP contribution in [0.1, 0.15) is 13.8 Å². The second-order valence-corrected chi connectivity index (χ2v) is 5.59. The highest BCUT2D eigenvalue weighted by atomic mass is 16.5. The minimum atomic E-state index is 0.171. The van der Waals surface area contributed by atoms with Gasteiger partial charge in [0, 0.05) is 36.9 Å². The van der Waals surface area contributed by atoms with Crippen molar-refractivity contribution in [3.63, 3.8) is 0 Å². The largest absolute Gasteiger partial charge is 0.495 e. The van der Waals surface area contributed by atoms with Crippen molar-refractivity contribution in [1.82, 2.24) is 4.90 Å². The molecule has 1 saturated heterocycles. The molecule has 1 aliphatic heterocycles. The van der Waals surface area contributed by atoms with E-state index >= 15 is 0 Å². The number of anilines is 2. The predicted octanol–water partition coefficient (Wildman–Crippen LogP) is 1.81. The molecule has 1 fully saturated rings. The third kappa shape index (κ3) is 2.38. The zero-order valence-corrected chi connectivity index (χ0v) is 11.7. The third-order valence-electron chi connectivity index (χ3n) is 3.86. The van der Waals surface area contributed by atoms with Crippen molar-refractivity contribution >= 4 is 11.4 Å². The van der Waals surface area contributed by atoms with Gasteiger partial charge in [0.1, 0.15) is 5.75 Å². The Morgan fingerprint density at radius 1 is 1.28 bits per heavy atom. The average molecular weight is 249 g/mol. The molecule has 1 aromatic carbocycles. The van der Waals surface area contributed by atoms with Gasteiger partial charge in [-0.3, -0.25) is 4.90 Å². The molecule has 0 amide bonds. The van der Waals surface area contributed by atoms with Gasteiger partial charge >= 0.3 is 0 Å². The predicted molar refractivity (Wildman–Crippen MR) is 76.3 cm³/mol. The molecule has 4 nitrogen and oxygen atoms in total. The van der Waals surface area contributed by atoms with E-state index in [1.165, 1.54) is 0 Å². The van der Waals surface area contributed by atoms with Crippen LogP contribution < -0.4 is 15.4 Å². The lowest BCUT2D eigenvalue weighted by atomic mass is 9.99. The number of piperazine rings is 1. The van der Waals surface area contributed by atoms with Crippen LogP contribution in [0, 0.1) is 0 Å². The summed E-state index contributed by atoms with van der Waals surface area (Å²) in [6.07, 6.45) is 0. The minimum absolute atomic E-state index is 0.171. The van der Waals surface area contributed by atoms with E-state index in [1.807, 2.05) is 12.1 Å². The van der Waals surface area contributed by atoms with Gasteiger partial charge in [0.2, 0.25) is 0 Å². The molecule has 100 valence electrons. The number of nitrogen functional groups attached to an aromatic ring is 1. The first-order valence-electron chi connectivity index (χ1n) is 6.34. The van der Waals surface area contributed by atoms with Crippen LogP contribution in [-0.2, 0) is 0 Å². The Bertz CT molecular complexity index is 431. The maximum absolute atomic E-state index is 5.80. The van der Waals surface area contributed by atoms with E-state index in [0.717, 1.165) is 36.8 Å². The standard InChI is InChI=1S/C14H23N3O/c1-14(2)10-17(8-7-16(14)3)12-6-5-11(15)9-13(12)18-4/h5-6,9H,7-8,10,15H2,1-4H3. The fraction of sp³-hybridized carbons (Fsp3) is 0.571. The summed E-state index contributed by atoms with van der Waals surface area (Å²) in [6.45, 7) is 7.59. The van der Waals surface area contributed by atoms with E-state index in [2.05, 4.69) is 36.8 Å². The smallest absolute Gasteiger partial charge is 0.144 e. The summed E-state index contributed by atoms with van der Waals surface area (Å²) in [5, 5.41) is 0. The summed E-state index contributed by atoms with van der Waals surface area (Å²) in [5.74, 6) is 0.857. The Morgan fingerprint density at radius 3 is 2.61 bits per heavy atom. The van der Waals surface area contributed by atoms with Gasteiger partial charge in [0.05, 0.1) is 12.8 Å². The molecule has 0 unspecified atom stereocenters. The highest BCUT2D eigenvalue weighted by molar-refractivity contribution is 5.64. The van der Waals surface area contributed by atoms with E-state index in [-0.39, 0.29) is 5.54 Å². The number of hydrogen-bond acceptors (Lipinski definition) is 4. The van der Waals surface area contributed by atoms with Gasteiger partial charge in [-0.15, -0.1) is 0 Å². The van der Waals surface area contributed by atoms with Crippen LogP contribution in [-0.4, -0.2) is 44.2 Å². The summed E-state index contributed by atoms with van der Waals surface area (Å²) in [7, 11) is 3.87. The van der Waals surface area contributed by atoms with Crippen molar-refractivity contribution in [1.29, 1.82) is 0 Å². The van der Waals surface area contributed by atoms with Gasteiger partial charge < -0.3 is 15.4 Å². The van der Waals surface area contributed by atoms with Crippen molar-refractivity contribution in [3.8, 4) is 5.75 Å². The first-order valence-corrected chi connectivity index (χ1v) is 6.34. The van der Waals surface area contributed by atoms with Gasteiger partial charge in [-0.25, -0.2) is 0 Å². The molecule has 0 bridgehead atoms. The number of nitrogens with two attached hydrogens (primary N) is 1. The molecule has 0 aliphatic carbocycles. The van der Waals surface area contributed by atoms with E-state index in [0.29, 0.717) is 0 Å².